The summed E-state index contributed by atoms with van der Waals surface area (Å²) in [6.45, 7) is 65.5. The van der Waals surface area contributed by atoms with E-state index in [2.05, 4.69) is 143 Å². The van der Waals surface area contributed by atoms with Crippen LogP contribution in [0.15, 0.2) is 0 Å². The van der Waals surface area contributed by atoms with Gasteiger partial charge >= 0.3 is 0 Å². The minimum absolute atomic E-state index is 0.0764. The molecular weight excluding hydrogens is 1030 g/mol. The highest BCUT2D eigenvalue weighted by Crippen LogP contribution is 2.23. The Hall–Kier alpha value is -0.640. The van der Waals surface area contributed by atoms with Crippen molar-refractivity contribution < 1.29 is 28.4 Å². The normalized spacial score (nSPS) is 13.7. The molecule has 0 heterocycles. The van der Waals surface area contributed by atoms with E-state index in [1.165, 1.54) is 57.8 Å². The number of hydrogen-bond donors (Lipinski definition) is 10. The maximum atomic E-state index is 5.93. The first-order chi connectivity index (χ1) is 37.6. The third kappa shape index (κ3) is 95.7. The maximum Gasteiger partial charge on any atom is 0.0701 e. The molecule has 0 spiro atoms. The van der Waals surface area contributed by atoms with Gasteiger partial charge < -0.3 is 83.3 Å². The van der Waals surface area contributed by atoms with E-state index >= 15 is 0 Å². The van der Waals surface area contributed by atoms with E-state index in [1.54, 1.807) is 0 Å². The van der Waals surface area contributed by atoms with Crippen molar-refractivity contribution in [2.75, 3.05) is 145 Å². The molecule has 16 nitrogen and oxygen atoms in total. The molecular formula is C66H150N10O6. The van der Waals surface area contributed by atoms with Gasteiger partial charge in [-0.1, -0.05) is 122 Å². The fourth-order valence-electron chi connectivity index (χ4n) is 7.23. The van der Waals surface area contributed by atoms with E-state index in [0.29, 0.717) is 80.0 Å². The average Bonchev–Trinajstić information content (AvgIpc) is 3.30. The van der Waals surface area contributed by atoms with Crippen LogP contribution in [0.3, 0.4) is 0 Å². The van der Waals surface area contributed by atoms with E-state index in [4.69, 9.17) is 51.4 Å². The van der Waals surface area contributed by atoms with E-state index in [-0.39, 0.29) is 22.2 Å². The van der Waals surface area contributed by atoms with Crippen LogP contribution in [0.2, 0.25) is 0 Å². The summed E-state index contributed by atoms with van der Waals surface area (Å²) in [5.41, 5.74) is 24.6. The molecule has 0 fully saturated rings. The molecule has 0 aliphatic heterocycles. The minimum atomic E-state index is -0.171. The van der Waals surface area contributed by atoms with Gasteiger partial charge in [0, 0.05) is 93.3 Å². The first-order valence-corrected chi connectivity index (χ1v) is 32.5. The highest BCUT2D eigenvalue weighted by atomic mass is 16.5. The summed E-state index contributed by atoms with van der Waals surface area (Å²) in [5, 5.41) is 20.3. The van der Waals surface area contributed by atoms with Crippen molar-refractivity contribution in [3.05, 3.63) is 0 Å². The Morgan fingerprint density at radius 3 is 0.939 bits per heavy atom. The van der Waals surface area contributed by atoms with Gasteiger partial charge in [0.15, 0.2) is 0 Å². The maximum absolute atomic E-state index is 5.93. The van der Waals surface area contributed by atoms with Crippen molar-refractivity contribution in [2.45, 2.75) is 264 Å². The molecule has 0 aromatic heterocycles. The van der Waals surface area contributed by atoms with Gasteiger partial charge in [-0.25, -0.2) is 0 Å². The van der Waals surface area contributed by atoms with Gasteiger partial charge in [0.25, 0.3) is 0 Å². The number of nitrogens with two attached hydrogens (primary N) is 4. The monoisotopic (exact) mass is 1180 g/mol. The van der Waals surface area contributed by atoms with Crippen LogP contribution in [0.25, 0.3) is 0 Å². The number of ether oxygens (including phenoxy) is 6. The van der Waals surface area contributed by atoms with Gasteiger partial charge in [0.05, 0.1) is 59.5 Å². The van der Waals surface area contributed by atoms with Crippen LogP contribution in [-0.2, 0) is 28.4 Å². The van der Waals surface area contributed by atoms with Gasteiger partial charge in [0.2, 0.25) is 0 Å². The summed E-state index contributed by atoms with van der Waals surface area (Å²) in [4.78, 5) is 0. The van der Waals surface area contributed by atoms with Crippen LogP contribution >= 0.6 is 0 Å². The number of rotatable bonds is 48. The number of hydrogen-bond acceptors (Lipinski definition) is 16. The Morgan fingerprint density at radius 1 is 0.268 bits per heavy atom. The second-order valence-electron chi connectivity index (χ2n) is 31.1. The fourth-order valence-corrected chi connectivity index (χ4v) is 7.23. The first kappa shape index (κ1) is 87.8. The average molecular weight is 1180 g/mol. The van der Waals surface area contributed by atoms with Gasteiger partial charge in [-0.05, 0) is 156 Å². The zero-order valence-corrected chi connectivity index (χ0v) is 59.0. The summed E-state index contributed by atoms with van der Waals surface area (Å²) >= 11 is 0. The summed E-state index contributed by atoms with van der Waals surface area (Å²) in [6.07, 6.45) is 15.3. The molecule has 14 N–H and O–H groups in total. The first-order valence-electron chi connectivity index (χ1n) is 32.5. The molecule has 0 radical (unpaired) electrons. The molecule has 0 aliphatic rings. The van der Waals surface area contributed by atoms with Crippen LogP contribution in [-0.4, -0.2) is 179 Å². The summed E-state index contributed by atoms with van der Waals surface area (Å²) in [5.74, 6) is 0. The topological polar surface area (TPSA) is 232 Å². The third-order valence-electron chi connectivity index (χ3n) is 11.8. The smallest absolute Gasteiger partial charge is 0.0701 e. The molecule has 0 amide bonds. The molecule has 0 aliphatic carbocycles. The van der Waals surface area contributed by atoms with Crippen molar-refractivity contribution in [2.24, 2.45) is 44.6 Å². The van der Waals surface area contributed by atoms with E-state index in [9.17, 15) is 0 Å². The van der Waals surface area contributed by atoms with Crippen molar-refractivity contribution in [1.29, 1.82) is 0 Å². The molecule has 0 rings (SSSR count). The number of unbranched alkanes of at least 4 members (excludes halogenated alkanes) is 6. The van der Waals surface area contributed by atoms with Gasteiger partial charge in [-0.3, -0.25) is 0 Å². The summed E-state index contributed by atoms with van der Waals surface area (Å²) < 4.78 is 33.3. The standard InChI is InChI=1S/C19H43N3O3.C16H36N2O2.C16H36N2.C15H35N3O/c1-18(2,3)16-21-8-6-10-23-12-14-25-15-13-24-11-7-9-22-17-19(4,5)20;1-15(2,3)8-6-7-10-19-12-13-20-11-9-18-14-16(4,5)17;1-15(2,3)12-10-8-6-7-9-11-13-18-14-16(4,5)17;1-12(17-10-14(3,4)5)8-19-9-13(2)18-11-15(6,7)16/h21-22H,6-17,20H2,1-5H3;18H,6-14,17H2,1-5H3;18H,6-14,17H2,1-5H3;12-13,17-18H,8-11,16H2,1-7H3. The van der Waals surface area contributed by atoms with Crippen LogP contribution in [0.1, 0.15) is 229 Å². The van der Waals surface area contributed by atoms with Gasteiger partial charge in [0.1, 0.15) is 0 Å². The molecule has 2 unspecified atom stereocenters. The van der Waals surface area contributed by atoms with Crippen molar-refractivity contribution in [3.8, 4) is 0 Å². The summed E-state index contributed by atoms with van der Waals surface area (Å²) in [7, 11) is 0. The molecule has 16 heteroatoms. The van der Waals surface area contributed by atoms with Crippen molar-refractivity contribution >= 4 is 0 Å². The fraction of sp³-hybridized carbons (Fsp3) is 1.00. The van der Waals surface area contributed by atoms with Crippen molar-refractivity contribution in [3.63, 3.8) is 0 Å². The Kier molecular flexibility index (Phi) is 54.9. The molecule has 500 valence electrons. The van der Waals surface area contributed by atoms with Crippen LogP contribution in [0.4, 0.5) is 0 Å². The molecule has 0 saturated heterocycles. The third-order valence-corrected chi connectivity index (χ3v) is 11.8. The van der Waals surface area contributed by atoms with E-state index in [1.807, 2.05) is 41.5 Å². The zero-order chi connectivity index (χ0) is 63.7. The second-order valence-corrected chi connectivity index (χ2v) is 31.1. The lowest BCUT2D eigenvalue weighted by Gasteiger charge is -2.24. The Morgan fingerprint density at radius 2 is 0.561 bits per heavy atom. The largest absolute Gasteiger partial charge is 0.379 e. The minimum Gasteiger partial charge on any atom is -0.379 e. The quantitative estimate of drug-likeness (QED) is 0.0255. The molecule has 2 atom stereocenters. The van der Waals surface area contributed by atoms with Gasteiger partial charge in [-0.15, -0.1) is 0 Å². The zero-order valence-electron chi connectivity index (χ0n) is 59.0. The van der Waals surface area contributed by atoms with Crippen LogP contribution in [0, 0.1) is 21.7 Å². The Balaban J connectivity index is -0.000000499. The Labute approximate surface area is 511 Å². The molecule has 0 aromatic carbocycles. The van der Waals surface area contributed by atoms with E-state index < -0.39 is 0 Å². The molecule has 0 saturated carbocycles. The number of nitrogens with one attached hydrogen (secondary N) is 6. The predicted octanol–water partition coefficient (Wildman–Crippen LogP) is 10.2. The van der Waals surface area contributed by atoms with Crippen LogP contribution < -0.4 is 54.8 Å². The highest BCUT2D eigenvalue weighted by Gasteiger charge is 2.16. The van der Waals surface area contributed by atoms with Crippen LogP contribution in [0.5, 0.6) is 0 Å². The SMILES string of the molecule is CC(C)(C)CCCCCCCCNCC(C)(C)N.CC(C)(C)CCCCOCCOCCNCC(C)(C)N.CC(C)(C)CNCCCOCCOCCOCCCNCC(C)(C)N.CC(COCC(C)NCC(C)(C)N)NCC(C)(C)C. The second kappa shape index (κ2) is 51.3. The molecule has 0 bridgehead atoms. The molecule has 0 aromatic rings. The Bertz CT molecular complexity index is 1230. The lowest BCUT2D eigenvalue weighted by molar-refractivity contribution is 0.0138. The summed E-state index contributed by atoms with van der Waals surface area (Å²) in [6, 6.07) is 0.718. The lowest BCUT2D eigenvalue weighted by atomic mass is 9.89. The highest BCUT2D eigenvalue weighted by molar-refractivity contribution is 4.78. The lowest BCUT2D eigenvalue weighted by Crippen LogP contribution is -2.47. The van der Waals surface area contributed by atoms with Gasteiger partial charge in [-0.2, -0.15) is 0 Å². The van der Waals surface area contributed by atoms with Crippen molar-refractivity contribution in [1.82, 2.24) is 31.9 Å². The molecule has 82 heavy (non-hydrogen) atoms. The van der Waals surface area contributed by atoms with E-state index in [0.717, 1.165) is 118 Å². The predicted molar refractivity (Wildman–Crippen MR) is 358 cm³/mol.